The van der Waals surface area contributed by atoms with Gasteiger partial charge in [0.2, 0.25) is 5.95 Å². The van der Waals surface area contributed by atoms with Crippen LogP contribution in [0, 0.1) is 11.3 Å². The first-order chi connectivity index (χ1) is 13.3. The number of nitriles is 1. The zero-order valence-electron chi connectivity index (χ0n) is 14.8. The Kier molecular flexibility index (Phi) is 4.79. The van der Waals surface area contributed by atoms with E-state index >= 15 is 0 Å². The van der Waals surface area contributed by atoms with E-state index in [1.54, 1.807) is 18.3 Å². The highest BCUT2D eigenvalue weighted by Crippen LogP contribution is 2.19. The topological polar surface area (TPSA) is 81.0 Å². The molecule has 0 spiro atoms. The van der Waals surface area contributed by atoms with Gasteiger partial charge in [0.15, 0.2) is 0 Å². The summed E-state index contributed by atoms with van der Waals surface area (Å²) < 4.78 is 0. The average molecular weight is 357 g/mol. The van der Waals surface area contributed by atoms with Gasteiger partial charge in [-0.15, -0.1) is 0 Å². The molecule has 1 aliphatic heterocycles. The summed E-state index contributed by atoms with van der Waals surface area (Å²) in [6.45, 7) is 3.43. The number of benzene rings is 1. The molecule has 0 atom stereocenters. The van der Waals surface area contributed by atoms with Crippen molar-refractivity contribution >= 4 is 23.3 Å². The lowest BCUT2D eigenvalue weighted by atomic mass is 10.2. The molecule has 134 valence electrons. The van der Waals surface area contributed by atoms with Crippen LogP contribution in [0.3, 0.4) is 0 Å². The van der Waals surface area contributed by atoms with Gasteiger partial charge >= 0.3 is 0 Å². The normalized spacial score (nSPS) is 13.9. The van der Waals surface area contributed by atoms with E-state index in [1.165, 1.54) is 0 Å². The number of rotatable bonds is 4. The first-order valence-corrected chi connectivity index (χ1v) is 8.83. The van der Waals surface area contributed by atoms with E-state index in [4.69, 9.17) is 5.26 Å². The molecule has 4 rings (SSSR count). The number of anilines is 4. The highest BCUT2D eigenvalue weighted by Gasteiger charge is 2.20. The Morgan fingerprint density at radius 3 is 2.52 bits per heavy atom. The average Bonchev–Trinajstić information content (AvgIpc) is 2.75. The van der Waals surface area contributed by atoms with E-state index in [0.717, 1.165) is 37.7 Å². The summed E-state index contributed by atoms with van der Waals surface area (Å²) in [4.78, 5) is 17.9. The molecule has 3 aromatic rings. The second kappa shape index (κ2) is 7.70. The molecule has 1 fully saturated rings. The summed E-state index contributed by atoms with van der Waals surface area (Å²) in [6, 6.07) is 17.3. The van der Waals surface area contributed by atoms with E-state index in [9.17, 15) is 0 Å². The lowest BCUT2D eigenvalue weighted by molar-refractivity contribution is 0.635. The van der Waals surface area contributed by atoms with Crippen LogP contribution in [0.2, 0.25) is 0 Å². The summed E-state index contributed by atoms with van der Waals surface area (Å²) >= 11 is 0. The van der Waals surface area contributed by atoms with Gasteiger partial charge in [0, 0.05) is 44.3 Å². The van der Waals surface area contributed by atoms with Gasteiger partial charge in [0.05, 0.1) is 11.6 Å². The zero-order chi connectivity index (χ0) is 18.5. The summed E-state index contributed by atoms with van der Waals surface area (Å²) in [5.41, 5.74) is 1.44. The Bertz CT molecular complexity index is 944. The minimum Gasteiger partial charge on any atom is -0.353 e. The third-order valence-corrected chi connectivity index (χ3v) is 4.44. The van der Waals surface area contributed by atoms with Crippen LogP contribution in [-0.4, -0.2) is 41.1 Å². The van der Waals surface area contributed by atoms with Crippen molar-refractivity contribution in [3.05, 3.63) is 66.5 Å². The fourth-order valence-corrected chi connectivity index (χ4v) is 3.06. The minimum absolute atomic E-state index is 0.611. The molecular formula is C20H19N7. The second-order valence-electron chi connectivity index (χ2n) is 6.22. The summed E-state index contributed by atoms with van der Waals surface area (Å²) in [7, 11) is 0. The van der Waals surface area contributed by atoms with Gasteiger partial charge in [-0.2, -0.15) is 10.2 Å². The third-order valence-electron chi connectivity index (χ3n) is 4.44. The highest BCUT2D eigenvalue weighted by atomic mass is 15.3. The molecule has 3 heterocycles. The quantitative estimate of drug-likeness (QED) is 0.769. The fourth-order valence-electron chi connectivity index (χ4n) is 3.06. The first kappa shape index (κ1) is 16.8. The van der Waals surface area contributed by atoms with E-state index in [1.807, 2.05) is 42.6 Å². The third kappa shape index (κ3) is 3.96. The molecule has 0 unspecified atom stereocenters. The standard InChI is InChI=1S/C20H19N7/c21-15-16-4-3-5-17(14-16)24-18-7-9-23-20(25-18)27-12-10-26(11-13-27)19-6-1-2-8-22-19/h1-9,14H,10-13H2,(H,23,24,25). The van der Waals surface area contributed by atoms with E-state index in [0.29, 0.717) is 17.3 Å². The van der Waals surface area contributed by atoms with Gasteiger partial charge in [-0.3, -0.25) is 0 Å². The summed E-state index contributed by atoms with van der Waals surface area (Å²) in [5, 5.41) is 12.3. The molecule has 0 saturated carbocycles. The maximum absolute atomic E-state index is 9.03. The van der Waals surface area contributed by atoms with Crippen molar-refractivity contribution in [1.82, 2.24) is 15.0 Å². The zero-order valence-corrected chi connectivity index (χ0v) is 14.8. The smallest absolute Gasteiger partial charge is 0.227 e. The van der Waals surface area contributed by atoms with Crippen molar-refractivity contribution in [2.45, 2.75) is 0 Å². The number of nitrogens with one attached hydrogen (secondary N) is 1. The van der Waals surface area contributed by atoms with Crippen molar-refractivity contribution in [3.8, 4) is 6.07 Å². The number of hydrogen-bond acceptors (Lipinski definition) is 7. The van der Waals surface area contributed by atoms with Crippen LogP contribution in [0.15, 0.2) is 60.9 Å². The maximum Gasteiger partial charge on any atom is 0.227 e. The Morgan fingerprint density at radius 1 is 0.889 bits per heavy atom. The Labute approximate surface area is 157 Å². The molecule has 1 aromatic carbocycles. The van der Waals surface area contributed by atoms with Crippen LogP contribution in [0.25, 0.3) is 0 Å². The summed E-state index contributed by atoms with van der Waals surface area (Å²) in [5.74, 6) is 2.42. The first-order valence-electron chi connectivity index (χ1n) is 8.83. The SMILES string of the molecule is N#Cc1cccc(Nc2ccnc(N3CCN(c4ccccn4)CC3)n2)c1. The predicted octanol–water partition coefficient (Wildman–Crippen LogP) is 2.81. The Balaban J connectivity index is 1.43. The van der Waals surface area contributed by atoms with Gasteiger partial charge in [-0.25, -0.2) is 9.97 Å². The lowest BCUT2D eigenvalue weighted by Gasteiger charge is -2.35. The van der Waals surface area contributed by atoms with E-state index < -0.39 is 0 Å². The fraction of sp³-hybridized carbons (Fsp3) is 0.200. The monoisotopic (exact) mass is 357 g/mol. The van der Waals surface area contributed by atoms with Gasteiger partial charge < -0.3 is 15.1 Å². The molecule has 0 radical (unpaired) electrons. The molecule has 7 heteroatoms. The number of piperazine rings is 1. The number of nitrogens with zero attached hydrogens (tertiary/aromatic N) is 6. The van der Waals surface area contributed by atoms with Crippen LogP contribution in [0.1, 0.15) is 5.56 Å². The molecule has 0 aliphatic carbocycles. The Hall–Kier alpha value is -3.66. The highest BCUT2D eigenvalue weighted by molar-refractivity contribution is 5.59. The molecule has 7 nitrogen and oxygen atoms in total. The van der Waals surface area contributed by atoms with E-state index in [2.05, 4.69) is 36.1 Å². The molecule has 1 N–H and O–H groups in total. The second-order valence-corrected chi connectivity index (χ2v) is 6.22. The van der Waals surface area contributed by atoms with Crippen molar-refractivity contribution in [2.24, 2.45) is 0 Å². The number of aromatic nitrogens is 3. The number of hydrogen-bond donors (Lipinski definition) is 1. The van der Waals surface area contributed by atoms with E-state index in [-0.39, 0.29) is 0 Å². The van der Waals surface area contributed by atoms with Crippen LogP contribution in [0.4, 0.5) is 23.3 Å². The van der Waals surface area contributed by atoms with Crippen molar-refractivity contribution in [3.63, 3.8) is 0 Å². The Morgan fingerprint density at radius 2 is 1.74 bits per heavy atom. The molecule has 0 amide bonds. The van der Waals surface area contributed by atoms with Gasteiger partial charge in [0.1, 0.15) is 11.6 Å². The van der Waals surface area contributed by atoms with Gasteiger partial charge in [0.25, 0.3) is 0 Å². The molecule has 1 saturated heterocycles. The van der Waals surface area contributed by atoms with Crippen LogP contribution >= 0.6 is 0 Å². The minimum atomic E-state index is 0.611. The van der Waals surface area contributed by atoms with Crippen molar-refractivity contribution in [2.75, 3.05) is 41.3 Å². The molecule has 1 aliphatic rings. The van der Waals surface area contributed by atoms with Crippen LogP contribution < -0.4 is 15.1 Å². The molecule has 2 aromatic heterocycles. The van der Waals surface area contributed by atoms with Crippen LogP contribution in [0.5, 0.6) is 0 Å². The molecular weight excluding hydrogens is 338 g/mol. The van der Waals surface area contributed by atoms with Crippen molar-refractivity contribution < 1.29 is 0 Å². The largest absolute Gasteiger partial charge is 0.353 e. The molecule has 0 bridgehead atoms. The van der Waals surface area contributed by atoms with Crippen LogP contribution in [-0.2, 0) is 0 Å². The number of pyridine rings is 1. The van der Waals surface area contributed by atoms with Gasteiger partial charge in [-0.05, 0) is 36.4 Å². The van der Waals surface area contributed by atoms with Gasteiger partial charge in [-0.1, -0.05) is 12.1 Å². The lowest BCUT2D eigenvalue weighted by Crippen LogP contribution is -2.47. The molecule has 27 heavy (non-hydrogen) atoms. The van der Waals surface area contributed by atoms with Crippen molar-refractivity contribution in [1.29, 1.82) is 5.26 Å². The predicted molar refractivity (Wildman–Crippen MR) is 105 cm³/mol. The maximum atomic E-state index is 9.03. The summed E-state index contributed by atoms with van der Waals surface area (Å²) in [6.07, 6.45) is 3.57.